The van der Waals surface area contributed by atoms with E-state index in [2.05, 4.69) is 23.3 Å². The first-order valence-electron chi connectivity index (χ1n) is 5.52. The van der Waals surface area contributed by atoms with Crippen LogP contribution in [0.4, 0.5) is 0 Å². The Morgan fingerprint density at radius 2 is 2.50 bits per heavy atom. The lowest BCUT2D eigenvalue weighted by Gasteiger charge is -2.01. The molecule has 2 nitrogen and oxygen atoms in total. The van der Waals surface area contributed by atoms with Crippen molar-refractivity contribution in [1.82, 2.24) is 10.3 Å². The molecule has 2 rings (SSSR count). The molecule has 0 saturated heterocycles. The van der Waals surface area contributed by atoms with Crippen molar-refractivity contribution in [2.45, 2.75) is 25.7 Å². The Bertz CT molecular complexity index is 271. The molecule has 2 atom stereocenters. The molecule has 0 aliphatic heterocycles. The van der Waals surface area contributed by atoms with E-state index < -0.39 is 0 Å². The highest BCUT2D eigenvalue weighted by Crippen LogP contribution is 2.46. The minimum atomic E-state index is 0.771. The van der Waals surface area contributed by atoms with Crippen LogP contribution >= 0.6 is 0 Å². The molecule has 0 aromatic carbocycles. The lowest BCUT2D eigenvalue weighted by molar-refractivity contribution is 0.620. The largest absolute Gasteiger partial charge is 0.316 e. The molecule has 14 heavy (non-hydrogen) atoms. The number of pyridine rings is 1. The highest BCUT2D eigenvalue weighted by atomic mass is 14.9. The zero-order chi connectivity index (χ0) is 9.80. The van der Waals surface area contributed by atoms with Gasteiger partial charge in [-0.1, -0.05) is 13.0 Å². The molecule has 0 bridgehead atoms. The second-order valence-corrected chi connectivity index (χ2v) is 4.09. The van der Waals surface area contributed by atoms with Crippen LogP contribution in [-0.2, 0) is 0 Å². The number of nitrogens with one attached hydrogen (secondary N) is 1. The van der Waals surface area contributed by atoms with Gasteiger partial charge in [0.15, 0.2) is 0 Å². The first-order chi connectivity index (χ1) is 6.92. The first kappa shape index (κ1) is 9.66. The lowest BCUT2D eigenvalue weighted by atomic mass is 10.1. The van der Waals surface area contributed by atoms with Crippen molar-refractivity contribution in [2.75, 3.05) is 13.1 Å². The van der Waals surface area contributed by atoms with E-state index in [0.29, 0.717) is 0 Å². The number of rotatable bonds is 5. The molecule has 1 N–H and O–H groups in total. The molecule has 76 valence electrons. The topological polar surface area (TPSA) is 24.9 Å². The van der Waals surface area contributed by atoms with Gasteiger partial charge in [-0.2, -0.15) is 0 Å². The fraction of sp³-hybridized carbons (Fsp3) is 0.583. The molecule has 1 aromatic heterocycles. The molecular formula is C12H18N2. The quantitative estimate of drug-likeness (QED) is 0.720. The predicted molar refractivity (Wildman–Crippen MR) is 58.2 cm³/mol. The molecule has 1 heterocycles. The van der Waals surface area contributed by atoms with Crippen molar-refractivity contribution in [3.8, 4) is 0 Å². The van der Waals surface area contributed by atoms with E-state index in [0.717, 1.165) is 18.4 Å². The van der Waals surface area contributed by atoms with Crippen LogP contribution in [0.25, 0.3) is 0 Å². The number of aromatic nitrogens is 1. The van der Waals surface area contributed by atoms with E-state index >= 15 is 0 Å². The maximum absolute atomic E-state index is 4.16. The van der Waals surface area contributed by atoms with Gasteiger partial charge >= 0.3 is 0 Å². The molecule has 0 spiro atoms. The highest BCUT2D eigenvalue weighted by molar-refractivity contribution is 5.22. The molecule has 2 unspecified atom stereocenters. The fourth-order valence-electron chi connectivity index (χ4n) is 1.94. The van der Waals surface area contributed by atoms with Gasteiger partial charge in [0.1, 0.15) is 0 Å². The summed E-state index contributed by atoms with van der Waals surface area (Å²) in [7, 11) is 0. The molecule has 1 aliphatic rings. The average Bonchev–Trinajstić information content (AvgIpc) is 2.99. The van der Waals surface area contributed by atoms with Crippen LogP contribution in [0.1, 0.15) is 31.2 Å². The second-order valence-electron chi connectivity index (χ2n) is 4.09. The summed E-state index contributed by atoms with van der Waals surface area (Å²) in [6, 6.07) is 4.22. The van der Waals surface area contributed by atoms with Crippen LogP contribution in [0, 0.1) is 5.92 Å². The Morgan fingerprint density at radius 3 is 3.21 bits per heavy atom. The monoisotopic (exact) mass is 190 g/mol. The van der Waals surface area contributed by atoms with E-state index in [1.165, 1.54) is 24.9 Å². The smallest absolute Gasteiger partial charge is 0.0302 e. The number of hydrogen-bond acceptors (Lipinski definition) is 2. The van der Waals surface area contributed by atoms with Crippen molar-refractivity contribution in [1.29, 1.82) is 0 Å². The summed E-state index contributed by atoms with van der Waals surface area (Å²) in [6.07, 6.45) is 6.41. The van der Waals surface area contributed by atoms with Gasteiger partial charge in [0, 0.05) is 12.4 Å². The molecule has 0 radical (unpaired) electrons. The van der Waals surface area contributed by atoms with Crippen LogP contribution < -0.4 is 5.32 Å². The maximum Gasteiger partial charge on any atom is 0.0302 e. The molecule has 2 heteroatoms. The maximum atomic E-state index is 4.16. The Balaban J connectivity index is 1.76. The van der Waals surface area contributed by atoms with E-state index in [4.69, 9.17) is 0 Å². The van der Waals surface area contributed by atoms with Crippen LogP contribution in [0.15, 0.2) is 24.5 Å². The highest BCUT2D eigenvalue weighted by Gasteiger charge is 2.37. The lowest BCUT2D eigenvalue weighted by Crippen LogP contribution is -2.17. The summed E-state index contributed by atoms with van der Waals surface area (Å²) in [4.78, 5) is 4.16. The van der Waals surface area contributed by atoms with Gasteiger partial charge < -0.3 is 5.32 Å². The first-order valence-corrected chi connectivity index (χ1v) is 5.52. The number of nitrogens with zero attached hydrogens (tertiary/aromatic N) is 1. The fourth-order valence-corrected chi connectivity index (χ4v) is 1.94. The minimum Gasteiger partial charge on any atom is -0.316 e. The van der Waals surface area contributed by atoms with Gasteiger partial charge in [-0.15, -0.1) is 0 Å². The summed E-state index contributed by atoms with van der Waals surface area (Å²) in [5.41, 5.74) is 1.41. The molecule has 1 aromatic rings. The SMILES string of the molecule is CCCNCC1CC1c1cccnc1. The van der Waals surface area contributed by atoms with Crippen molar-refractivity contribution >= 4 is 0 Å². The van der Waals surface area contributed by atoms with Gasteiger partial charge in [-0.3, -0.25) is 4.98 Å². The standard InChI is InChI=1S/C12H18N2/c1-2-5-13-9-11-7-12(11)10-4-3-6-14-8-10/h3-4,6,8,11-13H,2,5,7,9H2,1H3. The van der Waals surface area contributed by atoms with E-state index in [9.17, 15) is 0 Å². The van der Waals surface area contributed by atoms with Crippen molar-refractivity contribution in [2.24, 2.45) is 5.92 Å². The summed E-state index contributed by atoms with van der Waals surface area (Å²) < 4.78 is 0. The normalized spacial score (nSPS) is 24.9. The third-order valence-corrected chi connectivity index (χ3v) is 2.87. The molecular weight excluding hydrogens is 172 g/mol. The van der Waals surface area contributed by atoms with Crippen molar-refractivity contribution in [3.63, 3.8) is 0 Å². The Labute approximate surface area is 85.7 Å². The van der Waals surface area contributed by atoms with Gasteiger partial charge in [-0.05, 0) is 49.4 Å². The molecule has 1 saturated carbocycles. The van der Waals surface area contributed by atoms with Gasteiger partial charge in [0.2, 0.25) is 0 Å². The van der Waals surface area contributed by atoms with E-state index in [-0.39, 0.29) is 0 Å². The van der Waals surface area contributed by atoms with E-state index in [1.807, 2.05) is 18.5 Å². The van der Waals surface area contributed by atoms with Gasteiger partial charge in [0.25, 0.3) is 0 Å². The predicted octanol–water partition coefficient (Wildman–Crippen LogP) is 2.18. The number of hydrogen-bond donors (Lipinski definition) is 1. The average molecular weight is 190 g/mol. The van der Waals surface area contributed by atoms with Crippen molar-refractivity contribution < 1.29 is 0 Å². The van der Waals surface area contributed by atoms with Crippen LogP contribution in [0.5, 0.6) is 0 Å². The second kappa shape index (κ2) is 4.56. The minimum absolute atomic E-state index is 0.771. The molecule has 1 aliphatic carbocycles. The summed E-state index contributed by atoms with van der Waals surface area (Å²) in [5, 5.41) is 3.48. The van der Waals surface area contributed by atoms with Gasteiger partial charge in [0.05, 0.1) is 0 Å². The van der Waals surface area contributed by atoms with Crippen LogP contribution in [0.3, 0.4) is 0 Å². The molecule has 1 fully saturated rings. The van der Waals surface area contributed by atoms with Crippen LogP contribution in [0.2, 0.25) is 0 Å². The van der Waals surface area contributed by atoms with Crippen molar-refractivity contribution in [3.05, 3.63) is 30.1 Å². The van der Waals surface area contributed by atoms with Gasteiger partial charge in [-0.25, -0.2) is 0 Å². The zero-order valence-electron chi connectivity index (χ0n) is 8.74. The summed E-state index contributed by atoms with van der Waals surface area (Å²) >= 11 is 0. The summed E-state index contributed by atoms with van der Waals surface area (Å²) in [5.74, 6) is 1.62. The Hall–Kier alpha value is -0.890. The third-order valence-electron chi connectivity index (χ3n) is 2.87. The Morgan fingerprint density at radius 1 is 1.57 bits per heavy atom. The summed E-state index contributed by atoms with van der Waals surface area (Å²) in [6.45, 7) is 4.53. The molecule has 0 amide bonds. The Kier molecular flexibility index (Phi) is 3.14. The van der Waals surface area contributed by atoms with E-state index in [1.54, 1.807) is 0 Å². The van der Waals surface area contributed by atoms with Crippen LogP contribution in [-0.4, -0.2) is 18.1 Å². The third kappa shape index (κ3) is 2.32. The zero-order valence-corrected chi connectivity index (χ0v) is 8.74.